The molecule has 1 saturated heterocycles. The van der Waals surface area contributed by atoms with E-state index in [1.54, 1.807) is 18.4 Å². The van der Waals surface area contributed by atoms with Gasteiger partial charge in [0.2, 0.25) is 5.91 Å². The Morgan fingerprint density at radius 3 is 2.86 bits per heavy atom. The Labute approximate surface area is 173 Å². The highest BCUT2D eigenvalue weighted by molar-refractivity contribution is 7.09. The van der Waals surface area contributed by atoms with Gasteiger partial charge < -0.3 is 14.4 Å². The van der Waals surface area contributed by atoms with Crippen LogP contribution in [0.5, 0.6) is 0 Å². The van der Waals surface area contributed by atoms with Crippen molar-refractivity contribution in [3.05, 3.63) is 16.1 Å². The number of thiazole rings is 1. The van der Waals surface area contributed by atoms with Crippen LogP contribution in [0.4, 0.5) is 0 Å². The second-order valence-electron chi connectivity index (χ2n) is 8.18. The van der Waals surface area contributed by atoms with Crippen LogP contribution in [-0.2, 0) is 20.8 Å². The summed E-state index contributed by atoms with van der Waals surface area (Å²) in [5.41, 5.74) is 1.10. The molecule has 2 fully saturated rings. The third-order valence-electron chi connectivity index (χ3n) is 6.05. The third-order valence-corrected chi connectivity index (χ3v) is 7.11. The lowest BCUT2D eigenvalue weighted by atomic mass is 9.88. The highest BCUT2D eigenvalue weighted by atomic mass is 32.1. The van der Waals surface area contributed by atoms with Crippen LogP contribution in [0.1, 0.15) is 62.8 Å². The van der Waals surface area contributed by atoms with Crippen LogP contribution in [0.2, 0.25) is 0 Å². The molecule has 0 bridgehead atoms. The number of nitrogens with zero attached hydrogens (tertiary/aromatic N) is 3. The van der Waals surface area contributed by atoms with E-state index in [1.165, 1.54) is 19.3 Å². The van der Waals surface area contributed by atoms with E-state index >= 15 is 0 Å². The van der Waals surface area contributed by atoms with Gasteiger partial charge in [-0.25, -0.2) is 4.98 Å². The average Bonchev–Trinajstić information content (AvgIpc) is 3.04. The molecular weight excluding hydrogens is 374 g/mol. The molecule has 1 aliphatic carbocycles. The molecule has 0 N–H and O–H groups in total. The topological polar surface area (TPSA) is 54.9 Å². The molecule has 7 heteroatoms. The first kappa shape index (κ1) is 21.7. The molecule has 0 spiro atoms. The number of hydrogen-bond acceptors (Lipinski definition) is 6. The van der Waals surface area contributed by atoms with E-state index in [2.05, 4.69) is 17.2 Å². The zero-order valence-corrected chi connectivity index (χ0v) is 18.4. The van der Waals surface area contributed by atoms with Crippen molar-refractivity contribution in [2.75, 3.05) is 39.9 Å². The Morgan fingerprint density at radius 1 is 1.25 bits per heavy atom. The zero-order valence-electron chi connectivity index (χ0n) is 17.6. The Hall–Kier alpha value is -1.02. The maximum Gasteiger partial charge on any atom is 0.248 e. The summed E-state index contributed by atoms with van der Waals surface area (Å²) in [4.78, 5) is 21.7. The second kappa shape index (κ2) is 10.7. The minimum absolute atomic E-state index is 0.0443. The summed E-state index contributed by atoms with van der Waals surface area (Å²) in [5, 5.41) is 3.15. The molecule has 158 valence electrons. The lowest BCUT2D eigenvalue weighted by molar-refractivity contribution is -0.140. The van der Waals surface area contributed by atoms with Crippen LogP contribution in [0, 0.1) is 5.92 Å². The number of rotatable bonds is 7. The Kier molecular flexibility index (Phi) is 8.26. The molecule has 1 saturated carbocycles. The minimum atomic E-state index is 0.0443. The van der Waals surface area contributed by atoms with Gasteiger partial charge in [-0.15, -0.1) is 11.3 Å². The number of ether oxygens (including phenoxy) is 2. The fourth-order valence-corrected chi connectivity index (χ4v) is 4.93. The van der Waals surface area contributed by atoms with E-state index in [0.29, 0.717) is 5.92 Å². The van der Waals surface area contributed by atoms with Gasteiger partial charge in [0, 0.05) is 45.2 Å². The van der Waals surface area contributed by atoms with Gasteiger partial charge in [-0.3, -0.25) is 9.69 Å². The molecule has 2 aliphatic rings. The summed E-state index contributed by atoms with van der Waals surface area (Å²) in [5.74, 6) is 0.717. The van der Waals surface area contributed by atoms with Gasteiger partial charge in [0.25, 0.3) is 0 Å². The fraction of sp³-hybridized carbons (Fsp3) is 0.810. The number of methoxy groups -OCH3 is 1. The molecule has 1 amide bonds. The van der Waals surface area contributed by atoms with Crippen LogP contribution in [-0.4, -0.2) is 66.7 Å². The van der Waals surface area contributed by atoms with E-state index in [1.807, 2.05) is 11.8 Å². The van der Waals surface area contributed by atoms with Crippen LogP contribution in [0.3, 0.4) is 0 Å². The number of amides is 1. The Morgan fingerprint density at radius 2 is 2.07 bits per heavy atom. The lowest BCUT2D eigenvalue weighted by Gasteiger charge is -2.29. The van der Waals surface area contributed by atoms with Crippen molar-refractivity contribution in [3.63, 3.8) is 0 Å². The minimum Gasteiger partial charge on any atom is -0.375 e. The average molecular weight is 410 g/mol. The number of hydrogen-bond donors (Lipinski definition) is 0. The zero-order chi connectivity index (χ0) is 19.9. The van der Waals surface area contributed by atoms with E-state index in [4.69, 9.17) is 14.5 Å². The van der Waals surface area contributed by atoms with Gasteiger partial charge in [-0.1, -0.05) is 19.8 Å². The first-order valence-corrected chi connectivity index (χ1v) is 11.5. The molecule has 1 aromatic heterocycles. The van der Waals surface area contributed by atoms with Crippen molar-refractivity contribution in [3.8, 4) is 0 Å². The molecular formula is C21H35N3O3S. The van der Waals surface area contributed by atoms with Gasteiger partial charge in [0.05, 0.1) is 11.8 Å². The van der Waals surface area contributed by atoms with Gasteiger partial charge in [0.15, 0.2) is 0 Å². The van der Waals surface area contributed by atoms with Crippen molar-refractivity contribution >= 4 is 17.2 Å². The van der Waals surface area contributed by atoms with Gasteiger partial charge in [-0.2, -0.15) is 0 Å². The first-order chi connectivity index (χ1) is 13.6. The van der Waals surface area contributed by atoms with Crippen LogP contribution < -0.4 is 0 Å². The summed E-state index contributed by atoms with van der Waals surface area (Å²) < 4.78 is 11.3. The van der Waals surface area contributed by atoms with Crippen molar-refractivity contribution in [1.29, 1.82) is 0 Å². The maximum atomic E-state index is 12.6. The van der Waals surface area contributed by atoms with Gasteiger partial charge >= 0.3 is 0 Å². The fourth-order valence-electron chi connectivity index (χ4n) is 4.09. The van der Waals surface area contributed by atoms with Crippen LogP contribution >= 0.6 is 11.3 Å². The van der Waals surface area contributed by atoms with E-state index < -0.39 is 0 Å². The molecule has 0 radical (unpaired) electrons. The van der Waals surface area contributed by atoms with E-state index in [-0.39, 0.29) is 24.7 Å². The molecule has 6 nitrogen and oxygen atoms in total. The highest BCUT2D eigenvalue weighted by Gasteiger charge is 2.25. The molecule has 3 rings (SSSR count). The first-order valence-electron chi connectivity index (χ1n) is 10.7. The van der Waals surface area contributed by atoms with Crippen molar-refractivity contribution in [2.24, 2.45) is 5.92 Å². The Balaban J connectivity index is 1.43. The van der Waals surface area contributed by atoms with Crippen molar-refractivity contribution in [1.82, 2.24) is 14.8 Å². The SMILES string of the molecule is CO[C@H](C)c1nc(CN2CCCN(C(=O)CO[C@@H]3CCCC[C@H]3C)CC2)cs1. The summed E-state index contributed by atoms with van der Waals surface area (Å²) >= 11 is 1.66. The normalized spacial score (nSPS) is 25.5. The number of carbonyl (C=O) groups excluding carboxylic acids is 1. The maximum absolute atomic E-state index is 12.6. The number of carbonyl (C=O) groups is 1. The smallest absolute Gasteiger partial charge is 0.248 e. The molecule has 28 heavy (non-hydrogen) atoms. The molecule has 0 aromatic carbocycles. The molecule has 1 aromatic rings. The molecule has 1 aliphatic heterocycles. The lowest BCUT2D eigenvalue weighted by Crippen LogP contribution is -2.39. The molecule has 3 atom stereocenters. The summed E-state index contributed by atoms with van der Waals surface area (Å²) in [6, 6.07) is 0. The summed E-state index contributed by atoms with van der Waals surface area (Å²) in [6.07, 6.45) is 6.14. The van der Waals surface area contributed by atoms with E-state index in [0.717, 1.165) is 56.3 Å². The van der Waals surface area contributed by atoms with Crippen LogP contribution in [0.25, 0.3) is 0 Å². The van der Waals surface area contributed by atoms with Gasteiger partial charge in [0.1, 0.15) is 17.7 Å². The quantitative estimate of drug-likeness (QED) is 0.690. The summed E-state index contributed by atoms with van der Waals surface area (Å²) in [6.45, 7) is 8.82. The van der Waals surface area contributed by atoms with Crippen molar-refractivity contribution < 1.29 is 14.3 Å². The predicted molar refractivity (Wildman–Crippen MR) is 111 cm³/mol. The highest BCUT2D eigenvalue weighted by Crippen LogP contribution is 2.26. The van der Waals surface area contributed by atoms with Crippen molar-refractivity contribution in [2.45, 2.75) is 64.7 Å². The Bertz CT molecular complexity index is 624. The number of aromatic nitrogens is 1. The standard InChI is InChI=1S/C21H35N3O3S/c1-16-7-4-5-8-19(16)27-14-20(25)24-10-6-9-23(11-12-24)13-18-15-28-21(22-18)17(2)26-3/h15-17,19H,4-14H2,1-3H3/t16-,17-,19-/m1/s1. The van der Waals surface area contributed by atoms with E-state index in [9.17, 15) is 4.79 Å². The van der Waals surface area contributed by atoms with Gasteiger partial charge in [-0.05, 0) is 32.1 Å². The predicted octanol–water partition coefficient (Wildman–Crippen LogP) is 3.48. The second-order valence-corrected chi connectivity index (χ2v) is 9.07. The molecule has 2 heterocycles. The monoisotopic (exact) mass is 409 g/mol. The van der Waals surface area contributed by atoms with Crippen LogP contribution in [0.15, 0.2) is 5.38 Å². The third kappa shape index (κ3) is 5.99. The summed E-state index contributed by atoms with van der Waals surface area (Å²) in [7, 11) is 1.71. The molecule has 0 unspecified atom stereocenters. The largest absolute Gasteiger partial charge is 0.375 e.